The van der Waals surface area contributed by atoms with E-state index in [2.05, 4.69) is 9.69 Å². The van der Waals surface area contributed by atoms with Crippen LogP contribution in [0.5, 0.6) is 0 Å². The number of morpholine rings is 1. The lowest BCUT2D eigenvalue weighted by Gasteiger charge is -2.35. The van der Waals surface area contributed by atoms with E-state index >= 15 is 0 Å². The van der Waals surface area contributed by atoms with E-state index < -0.39 is 0 Å². The van der Waals surface area contributed by atoms with Gasteiger partial charge in [-0.15, -0.1) is 0 Å². The Morgan fingerprint density at radius 1 is 1.44 bits per heavy atom. The molecule has 2 atom stereocenters. The molecule has 0 aliphatic carbocycles. The average molecular weight is 269 g/mol. The van der Waals surface area contributed by atoms with Gasteiger partial charge in [0.05, 0.1) is 23.5 Å². The van der Waals surface area contributed by atoms with Crippen molar-refractivity contribution in [2.24, 2.45) is 0 Å². The van der Waals surface area contributed by atoms with Gasteiger partial charge in [-0.1, -0.05) is 0 Å². The van der Waals surface area contributed by atoms with Crippen molar-refractivity contribution in [1.29, 1.82) is 0 Å². The van der Waals surface area contributed by atoms with Gasteiger partial charge in [0.1, 0.15) is 5.00 Å². The minimum atomic E-state index is 0.0487. The lowest BCUT2D eigenvalue weighted by molar-refractivity contribution is -0.0586. The molecule has 18 heavy (non-hydrogen) atoms. The maximum absolute atomic E-state index is 12.5. The van der Waals surface area contributed by atoms with E-state index in [4.69, 9.17) is 4.74 Å². The summed E-state index contributed by atoms with van der Waals surface area (Å²) in [6, 6.07) is 0. The Hall–Kier alpha value is -1.14. The molecule has 0 aromatic carbocycles. The van der Waals surface area contributed by atoms with Gasteiger partial charge in [-0.25, -0.2) is 0 Å². The molecule has 1 fully saturated rings. The highest BCUT2D eigenvalue weighted by atomic mass is 32.1. The molecule has 1 saturated heterocycles. The van der Waals surface area contributed by atoms with Crippen molar-refractivity contribution in [3.8, 4) is 0 Å². The van der Waals surface area contributed by atoms with Crippen LogP contribution in [-0.2, 0) is 4.74 Å². The first-order valence-electron chi connectivity index (χ1n) is 6.11. The summed E-state index contributed by atoms with van der Waals surface area (Å²) in [5.74, 6) is 0.0487. The number of carbonyl (C=O) groups is 1. The number of anilines is 1. The molecule has 0 bridgehead atoms. The second-order valence-corrected chi connectivity index (χ2v) is 5.46. The summed E-state index contributed by atoms with van der Waals surface area (Å²) in [5.41, 5.74) is 1.49. The number of carbonyl (C=O) groups excluding carboxylic acids is 1. The number of ether oxygens (including phenoxy) is 1. The van der Waals surface area contributed by atoms with E-state index in [0.717, 1.165) is 10.7 Å². The first-order valence-corrected chi connectivity index (χ1v) is 6.89. The van der Waals surface area contributed by atoms with Gasteiger partial charge in [-0.2, -0.15) is 4.37 Å². The third-order valence-corrected chi connectivity index (χ3v) is 3.97. The van der Waals surface area contributed by atoms with Crippen LogP contribution in [0.2, 0.25) is 0 Å². The summed E-state index contributed by atoms with van der Waals surface area (Å²) in [7, 11) is 1.81. The first-order chi connectivity index (χ1) is 8.52. The molecule has 0 radical (unpaired) electrons. The Morgan fingerprint density at radius 3 is 2.61 bits per heavy atom. The van der Waals surface area contributed by atoms with Crippen LogP contribution in [0.4, 0.5) is 5.00 Å². The number of hydrogen-bond acceptors (Lipinski definition) is 5. The summed E-state index contributed by atoms with van der Waals surface area (Å²) >= 11 is 1.33. The van der Waals surface area contributed by atoms with Crippen LogP contribution in [0.15, 0.2) is 0 Å². The Morgan fingerprint density at radius 2 is 2.06 bits per heavy atom. The lowest BCUT2D eigenvalue weighted by atomic mass is 10.1. The molecule has 0 saturated carbocycles. The standard InChI is InChI=1S/C12H19N3O2S/c1-7-5-15(6-8(2)17-7)12(16)10-9(3)14-18-11(10)13-4/h7-8,13H,5-6H2,1-4H3. The SMILES string of the molecule is CNc1snc(C)c1C(=O)N1CC(C)OC(C)C1. The van der Waals surface area contributed by atoms with E-state index in [1.165, 1.54) is 11.5 Å². The zero-order valence-corrected chi connectivity index (χ0v) is 12.0. The largest absolute Gasteiger partial charge is 0.378 e. The summed E-state index contributed by atoms with van der Waals surface area (Å²) < 4.78 is 9.89. The molecule has 1 aliphatic rings. The van der Waals surface area contributed by atoms with Crippen LogP contribution in [0.3, 0.4) is 0 Å². The van der Waals surface area contributed by atoms with Crippen molar-refractivity contribution in [2.75, 3.05) is 25.5 Å². The highest BCUT2D eigenvalue weighted by Gasteiger charge is 2.29. The van der Waals surface area contributed by atoms with Crippen molar-refractivity contribution in [1.82, 2.24) is 9.27 Å². The monoisotopic (exact) mass is 269 g/mol. The van der Waals surface area contributed by atoms with Crippen LogP contribution >= 0.6 is 11.5 Å². The molecule has 5 nitrogen and oxygen atoms in total. The van der Waals surface area contributed by atoms with Crippen molar-refractivity contribution in [3.63, 3.8) is 0 Å². The molecule has 2 rings (SSSR count). The third kappa shape index (κ3) is 2.49. The van der Waals surface area contributed by atoms with E-state index in [-0.39, 0.29) is 18.1 Å². The first kappa shape index (κ1) is 13.3. The van der Waals surface area contributed by atoms with E-state index in [9.17, 15) is 4.79 Å². The molecule has 1 amide bonds. The van der Waals surface area contributed by atoms with E-state index in [1.807, 2.05) is 32.7 Å². The molecule has 1 aliphatic heterocycles. The Bertz CT molecular complexity index is 437. The van der Waals surface area contributed by atoms with Crippen molar-refractivity contribution in [2.45, 2.75) is 33.0 Å². The third-order valence-electron chi connectivity index (χ3n) is 3.01. The molecular weight excluding hydrogens is 250 g/mol. The van der Waals surface area contributed by atoms with Gasteiger partial charge in [0, 0.05) is 20.1 Å². The maximum atomic E-state index is 12.5. The Balaban J connectivity index is 2.22. The number of amides is 1. The highest BCUT2D eigenvalue weighted by Crippen LogP contribution is 2.26. The number of hydrogen-bond donors (Lipinski definition) is 1. The normalized spacial score (nSPS) is 24.1. The van der Waals surface area contributed by atoms with Gasteiger partial charge >= 0.3 is 0 Å². The van der Waals surface area contributed by atoms with Crippen LogP contribution < -0.4 is 5.32 Å². The van der Waals surface area contributed by atoms with Gasteiger partial charge in [0.15, 0.2) is 0 Å². The second kappa shape index (κ2) is 5.24. The van der Waals surface area contributed by atoms with E-state index in [0.29, 0.717) is 18.7 Å². The number of rotatable bonds is 2. The quantitative estimate of drug-likeness (QED) is 0.888. The molecule has 1 aromatic heterocycles. The minimum Gasteiger partial charge on any atom is -0.378 e. The molecule has 1 aromatic rings. The van der Waals surface area contributed by atoms with Gasteiger partial charge in [-0.05, 0) is 32.3 Å². The van der Waals surface area contributed by atoms with Gasteiger partial charge in [0.25, 0.3) is 5.91 Å². The number of aromatic nitrogens is 1. The predicted octanol–water partition coefficient (Wildman–Crippen LogP) is 1.74. The molecule has 0 spiro atoms. The summed E-state index contributed by atoms with van der Waals surface area (Å²) in [5, 5.41) is 3.87. The smallest absolute Gasteiger partial charge is 0.258 e. The predicted molar refractivity (Wildman–Crippen MR) is 72.3 cm³/mol. The molecule has 6 heteroatoms. The van der Waals surface area contributed by atoms with Crippen LogP contribution in [0.25, 0.3) is 0 Å². The van der Waals surface area contributed by atoms with E-state index in [1.54, 1.807) is 0 Å². The highest BCUT2D eigenvalue weighted by molar-refractivity contribution is 7.10. The van der Waals surface area contributed by atoms with Crippen molar-refractivity contribution < 1.29 is 9.53 Å². The Kier molecular flexibility index (Phi) is 3.87. The Labute approximate surface area is 111 Å². The fraction of sp³-hybridized carbons (Fsp3) is 0.667. The second-order valence-electron chi connectivity index (χ2n) is 4.69. The van der Waals surface area contributed by atoms with Crippen LogP contribution in [0.1, 0.15) is 29.9 Å². The van der Waals surface area contributed by atoms with Crippen LogP contribution in [0, 0.1) is 6.92 Å². The summed E-state index contributed by atoms with van der Waals surface area (Å²) in [4.78, 5) is 14.4. The minimum absolute atomic E-state index is 0.0487. The molecule has 100 valence electrons. The lowest BCUT2D eigenvalue weighted by Crippen LogP contribution is -2.48. The summed E-state index contributed by atoms with van der Waals surface area (Å²) in [6.07, 6.45) is 0.172. The van der Waals surface area contributed by atoms with Gasteiger partial charge in [-0.3, -0.25) is 4.79 Å². The topological polar surface area (TPSA) is 54.5 Å². The fourth-order valence-corrected chi connectivity index (χ4v) is 3.03. The van der Waals surface area contributed by atoms with Crippen LogP contribution in [-0.4, -0.2) is 47.5 Å². The number of nitrogens with one attached hydrogen (secondary N) is 1. The number of nitrogens with zero attached hydrogens (tertiary/aromatic N) is 2. The van der Waals surface area contributed by atoms with Crippen molar-refractivity contribution in [3.05, 3.63) is 11.3 Å². The summed E-state index contributed by atoms with van der Waals surface area (Å²) in [6.45, 7) is 7.14. The average Bonchev–Trinajstić information content (AvgIpc) is 2.68. The maximum Gasteiger partial charge on any atom is 0.258 e. The fourth-order valence-electron chi connectivity index (χ4n) is 2.29. The zero-order valence-electron chi connectivity index (χ0n) is 11.2. The number of aryl methyl sites for hydroxylation is 1. The molecule has 2 heterocycles. The van der Waals surface area contributed by atoms with Gasteiger partial charge < -0.3 is 15.0 Å². The molecular formula is C12H19N3O2S. The molecule has 2 unspecified atom stereocenters. The van der Waals surface area contributed by atoms with Crippen molar-refractivity contribution >= 4 is 22.4 Å². The molecule has 1 N–H and O–H groups in total. The zero-order chi connectivity index (χ0) is 13.3. The van der Waals surface area contributed by atoms with Gasteiger partial charge in [0.2, 0.25) is 0 Å².